The fourth-order valence-corrected chi connectivity index (χ4v) is 2.76. The summed E-state index contributed by atoms with van der Waals surface area (Å²) in [5.74, 6) is -1.48. The van der Waals surface area contributed by atoms with Gasteiger partial charge >= 0.3 is 5.97 Å². The van der Waals surface area contributed by atoms with Crippen molar-refractivity contribution in [2.24, 2.45) is 5.41 Å². The normalized spacial score (nSPS) is 17.5. The Bertz CT molecular complexity index is 541. The average Bonchev–Trinajstić information content (AvgIpc) is 2.45. The third-order valence-corrected chi connectivity index (χ3v) is 4.29. The number of aromatic hydroxyl groups is 2. The molecule has 1 saturated heterocycles. The van der Waals surface area contributed by atoms with Crippen LogP contribution in [-0.2, 0) is 4.79 Å². The Morgan fingerprint density at radius 2 is 1.67 bits per heavy atom. The van der Waals surface area contributed by atoms with Crippen LogP contribution in [0.5, 0.6) is 11.5 Å². The predicted molar refractivity (Wildman–Crippen MR) is 75.3 cm³/mol. The Morgan fingerprint density at radius 1 is 1.14 bits per heavy atom. The van der Waals surface area contributed by atoms with Gasteiger partial charge in [-0.2, -0.15) is 0 Å². The van der Waals surface area contributed by atoms with Crippen LogP contribution in [0.15, 0.2) is 18.2 Å². The van der Waals surface area contributed by atoms with Gasteiger partial charge in [0.25, 0.3) is 5.91 Å². The van der Waals surface area contributed by atoms with Gasteiger partial charge in [-0.3, -0.25) is 9.59 Å². The maximum absolute atomic E-state index is 12.3. The number of rotatable bonds is 3. The van der Waals surface area contributed by atoms with Gasteiger partial charge < -0.3 is 20.2 Å². The van der Waals surface area contributed by atoms with Gasteiger partial charge in [-0.25, -0.2) is 0 Å². The number of nitrogens with zero attached hydrogens (tertiary/aromatic N) is 1. The molecule has 0 atom stereocenters. The van der Waals surface area contributed by atoms with Crippen molar-refractivity contribution in [3.63, 3.8) is 0 Å². The lowest BCUT2D eigenvalue weighted by Gasteiger charge is -2.38. The molecule has 2 rings (SSSR count). The molecule has 6 heteroatoms. The minimum atomic E-state index is -0.813. The Morgan fingerprint density at radius 3 is 2.10 bits per heavy atom. The van der Waals surface area contributed by atoms with E-state index in [1.54, 1.807) is 4.90 Å². The van der Waals surface area contributed by atoms with Crippen LogP contribution in [0, 0.1) is 5.41 Å². The first-order chi connectivity index (χ1) is 9.88. The molecule has 0 radical (unpaired) electrons. The van der Waals surface area contributed by atoms with E-state index in [4.69, 9.17) is 0 Å². The number of carbonyl (C=O) groups is 2. The second kappa shape index (κ2) is 5.63. The highest BCUT2D eigenvalue weighted by atomic mass is 16.4. The second-order valence-electron chi connectivity index (χ2n) is 5.47. The highest BCUT2D eigenvalue weighted by molar-refractivity contribution is 5.95. The average molecular weight is 293 g/mol. The monoisotopic (exact) mass is 293 g/mol. The Kier molecular flexibility index (Phi) is 4.06. The second-order valence-corrected chi connectivity index (χ2v) is 5.47. The van der Waals surface area contributed by atoms with Gasteiger partial charge in [0.05, 0.1) is 5.41 Å². The van der Waals surface area contributed by atoms with Gasteiger partial charge in [-0.1, -0.05) is 6.92 Å². The summed E-state index contributed by atoms with van der Waals surface area (Å²) in [7, 11) is 0. The number of carboxylic acid groups (broad SMARTS) is 1. The van der Waals surface area contributed by atoms with Crippen LogP contribution in [0.1, 0.15) is 36.5 Å². The number of benzene rings is 1. The van der Waals surface area contributed by atoms with Gasteiger partial charge in [0, 0.05) is 24.7 Å². The van der Waals surface area contributed by atoms with Gasteiger partial charge in [0.1, 0.15) is 11.5 Å². The topological polar surface area (TPSA) is 98.1 Å². The van der Waals surface area contributed by atoms with E-state index in [0.29, 0.717) is 32.4 Å². The molecule has 1 aromatic carbocycles. The van der Waals surface area contributed by atoms with E-state index in [1.807, 2.05) is 6.92 Å². The Labute approximate surface area is 122 Å². The number of carbonyl (C=O) groups excluding carboxylic acids is 1. The fourth-order valence-electron chi connectivity index (χ4n) is 2.76. The summed E-state index contributed by atoms with van der Waals surface area (Å²) >= 11 is 0. The molecular weight excluding hydrogens is 274 g/mol. The number of piperidine rings is 1. The maximum atomic E-state index is 12.3. The van der Waals surface area contributed by atoms with E-state index < -0.39 is 11.4 Å². The molecule has 1 aliphatic rings. The molecule has 0 spiro atoms. The van der Waals surface area contributed by atoms with E-state index in [0.717, 1.165) is 6.07 Å². The lowest BCUT2D eigenvalue weighted by molar-refractivity contribution is -0.152. The molecule has 0 unspecified atom stereocenters. The van der Waals surface area contributed by atoms with Gasteiger partial charge in [-0.15, -0.1) is 0 Å². The van der Waals surface area contributed by atoms with Crippen LogP contribution >= 0.6 is 0 Å². The van der Waals surface area contributed by atoms with Crippen LogP contribution < -0.4 is 0 Å². The first kappa shape index (κ1) is 15.2. The zero-order chi connectivity index (χ0) is 15.6. The van der Waals surface area contributed by atoms with E-state index in [2.05, 4.69) is 0 Å². The summed E-state index contributed by atoms with van der Waals surface area (Å²) in [5.41, 5.74) is -0.551. The number of likely N-dealkylation sites (tertiary alicyclic amines) is 1. The van der Waals surface area contributed by atoms with Crippen molar-refractivity contribution in [2.45, 2.75) is 26.2 Å². The number of hydrogen-bond donors (Lipinski definition) is 3. The van der Waals surface area contributed by atoms with Gasteiger partial charge in [0.2, 0.25) is 0 Å². The van der Waals surface area contributed by atoms with Crippen LogP contribution in [0.4, 0.5) is 0 Å². The number of carboxylic acids is 1. The summed E-state index contributed by atoms with van der Waals surface area (Å²) in [6, 6.07) is 3.74. The van der Waals surface area contributed by atoms with Crippen LogP contribution in [0.25, 0.3) is 0 Å². The molecular formula is C15H19NO5. The van der Waals surface area contributed by atoms with Crippen molar-refractivity contribution in [3.8, 4) is 11.5 Å². The molecule has 1 amide bonds. The summed E-state index contributed by atoms with van der Waals surface area (Å²) in [5, 5.41) is 28.2. The SMILES string of the molecule is CCC1(C(=O)O)CCN(C(=O)c2cc(O)cc(O)c2)CC1. The molecule has 114 valence electrons. The fraction of sp³-hybridized carbons (Fsp3) is 0.467. The molecule has 1 aliphatic heterocycles. The van der Waals surface area contributed by atoms with Crippen molar-refractivity contribution >= 4 is 11.9 Å². The molecule has 0 aromatic heterocycles. The van der Waals surface area contributed by atoms with E-state index in [9.17, 15) is 24.9 Å². The third kappa shape index (κ3) is 2.94. The Hall–Kier alpha value is -2.24. The third-order valence-electron chi connectivity index (χ3n) is 4.29. The minimum Gasteiger partial charge on any atom is -0.508 e. The number of amides is 1. The zero-order valence-electron chi connectivity index (χ0n) is 11.9. The lowest BCUT2D eigenvalue weighted by atomic mass is 9.76. The van der Waals surface area contributed by atoms with Crippen molar-refractivity contribution in [1.29, 1.82) is 0 Å². The summed E-state index contributed by atoms with van der Waals surface area (Å²) in [6.07, 6.45) is 1.36. The molecule has 21 heavy (non-hydrogen) atoms. The molecule has 0 saturated carbocycles. The van der Waals surface area contributed by atoms with Crippen molar-refractivity contribution < 1.29 is 24.9 Å². The molecule has 0 bridgehead atoms. The summed E-state index contributed by atoms with van der Waals surface area (Å²) in [4.78, 5) is 25.3. The van der Waals surface area contributed by atoms with E-state index >= 15 is 0 Å². The van der Waals surface area contributed by atoms with Crippen LogP contribution in [0.2, 0.25) is 0 Å². The largest absolute Gasteiger partial charge is 0.508 e. The van der Waals surface area contributed by atoms with Crippen molar-refractivity contribution in [1.82, 2.24) is 4.90 Å². The van der Waals surface area contributed by atoms with E-state index in [-0.39, 0.29) is 23.0 Å². The number of aliphatic carboxylic acids is 1. The van der Waals surface area contributed by atoms with Crippen molar-refractivity contribution in [2.75, 3.05) is 13.1 Å². The Balaban J connectivity index is 2.11. The quantitative estimate of drug-likeness (QED) is 0.789. The molecule has 1 fully saturated rings. The van der Waals surface area contributed by atoms with Crippen molar-refractivity contribution in [3.05, 3.63) is 23.8 Å². The lowest BCUT2D eigenvalue weighted by Crippen LogP contribution is -2.46. The first-order valence-electron chi connectivity index (χ1n) is 6.93. The molecule has 3 N–H and O–H groups in total. The number of hydrogen-bond acceptors (Lipinski definition) is 4. The molecule has 1 aromatic rings. The highest BCUT2D eigenvalue weighted by Crippen LogP contribution is 2.35. The number of phenols is 2. The zero-order valence-corrected chi connectivity index (χ0v) is 11.9. The first-order valence-corrected chi connectivity index (χ1v) is 6.93. The number of phenolic OH excluding ortho intramolecular Hbond substituents is 2. The standard InChI is InChI=1S/C15H19NO5/c1-2-15(14(20)21)3-5-16(6-4-15)13(19)10-7-11(17)9-12(18)8-10/h7-9,17-18H,2-6H2,1H3,(H,20,21). The minimum absolute atomic E-state index is 0.177. The maximum Gasteiger partial charge on any atom is 0.309 e. The summed E-state index contributed by atoms with van der Waals surface area (Å²) < 4.78 is 0. The van der Waals surface area contributed by atoms with E-state index in [1.165, 1.54) is 12.1 Å². The van der Waals surface area contributed by atoms with Crippen LogP contribution in [0.3, 0.4) is 0 Å². The summed E-state index contributed by atoms with van der Waals surface area (Å²) in [6.45, 7) is 2.56. The smallest absolute Gasteiger partial charge is 0.309 e. The van der Waals surface area contributed by atoms with Gasteiger partial charge in [-0.05, 0) is 31.4 Å². The molecule has 6 nitrogen and oxygen atoms in total. The molecule has 0 aliphatic carbocycles. The van der Waals surface area contributed by atoms with Crippen LogP contribution in [-0.4, -0.2) is 45.2 Å². The predicted octanol–water partition coefficient (Wildman–Crippen LogP) is 1.81. The van der Waals surface area contributed by atoms with Gasteiger partial charge in [0.15, 0.2) is 0 Å². The highest BCUT2D eigenvalue weighted by Gasteiger charge is 2.40. The molecule has 1 heterocycles.